The number of benzene rings is 4. The average Bonchev–Trinajstić information content (AvgIpc) is 2.95. The third kappa shape index (κ3) is 13.4. The number of carbonyl (C=O) groups is 1. The number of ether oxygens (including phenoxy) is 1. The molecule has 0 radical (unpaired) electrons. The standard InChI is InChI=1S/C14H10N2O.C7H6N2.C6H5.C3H5ClO2.BrH.Mg/c17-14-15-12-9-5-4-8-11(12)13(16-14)10-6-2-1-3-7-10;8-5-6-3-1-2-4-7(6)9;1-2-4-6-5-3-1;1-2-6-3(4)5;;/h1-9H,(H,15,16,17);1-4H,9H2;1-5H;2H2,1H3;1H;/q;;-1;;;+2/p-1. The number of halogens is 2. The number of para-hydroxylation sites is 2. The number of nitrogens with one attached hydrogen (secondary N) is 1. The third-order valence-electron chi connectivity index (χ3n) is 4.63. The number of nitriles is 1. The van der Waals surface area contributed by atoms with Crippen LogP contribution in [0.4, 0.5) is 10.5 Å². The van der Waals surface area contributed by atoms with Gasteiger partial charge in [0.15, 0.2) is 0 Å². The fourth-order valence-corrected chi connectivity index (χ4v) is 3.08. The Kier molecular flexibility index (Phi) is 19.2. The molecule has 5 rings (SSSR count). The quantitative estimate of drug-likeness (QED) is 0.134. The summed E-state index contributed by atoms with van der Waals surface area (Å²) >= 11 is 4.72. The van der Waals surface area contributed by atoms with E-state index in [-0.39, 0.29) is 45.7 Å². The van der Waals surface area contributed by atoms with Gasteiger partial charge in [0.1, 0.15) is 6.07 Å². The molecule has 3 N–H and O–H groups in total. The number of carbonyl (C=O) groups excluding carboxylic acids is 1. The SMILES string of the molecule is CCOC(=O)Cl.N#Cc1ccccc1N.O=c1nc(-c2ccccc2)c2ccccc2[nH]1.[Br-].[Mg+2].[c-]1ccccc1. The summed E-state index contributed by atoms with van der Waals surface area (Å²) in [5.74, 6) is 0. The Hall–Kier alpha value is -3.68. The van der Waals surface area contributed by atoms with Crippen LogP contribution in [0.15, 0.2) is 114 Å². The Morgan fingerprint density at radius 2 is 1.55 bits per heavy atom. The summed E-state index contributed by atoms with van der Waals surface area (Å²) < 4.78 is 4.17. The van der Waals surface area contributed by atoms with Crippen LogP contribution in [0.25, 0.3) is 22.2 Å². The fraction of sp³-hybridized carbons (Fsp3) is 0.0667. The van der Waals surface area contributed by atoms with Crippen molar-refractivity contribution in [2.75, 3.05) is 12.3 Å². The summed E-state index contributed by atoms with van der Waals surface area (Å²) in [6.45, 7) is 2.04. The number of hydrogen-bond acceptors (Lipinski definition) is 6. The minimum absolute atomic E-state index is 0. The molecule has 4 aromatic carbocycles. The molecule has 0 bridgehead atoms. The molecule has 1 heterocycles. The van der Waals surface area contributed by atoms with Crippen molar-refractivity contribution < 1.29 is 26.5 Å². The Balaban J connectivity index is 0.000000562. The maximum Gasteiger partial charge on any atom is 2.00 e. The largest absolute Gasteiger partial charge is 2.00 e. The van der Waals surface area contributed by atoms with E-state index in [1.54, 1.807) is 31.2 Å². The van der Waals surface area contributed by atoms with Crippen LogP contribution in [0.2, 0.25) is 0 Å². The molecule has 200 valence electrons. The van der Waals surface area contributed by atoms with Crippen molar-refractivity contribution in [2.45, 2.75) is 6.92 Å². The van der Waals surface area contributed by atoms with Gasteiger partial charge in [-0.15, -0.1) is 0 Å². The monoisotopic (exact) mass is 628 g/mol. The smallest absolute Gasteiger partial charge is 1.00 e. The number of anilines is 1. The van der Waals surface area contributed by atoms with Crippen LogP contribution in [0.1, 0.15) is 12.5 Å². The van der Waals surface area contributed by atoms with Gasteiger partial charge < -0.3 is 32.4 Å². The van der Waals surface area contributed by atoms with Gasteiger partial charge in [0.2, 0.25) is 0 Å². The van der Waals surface area contributed by atoms with Gasteiger partial charge >= 0.3 is 34.2 Å². The summed E-state index contributed by atoms with van der Waals surface area (Å²) in [5.41, 5.74) is 7.93. The topological polar surface area (TPSA) is 122 Å². The van der Waals surface area contributed by atoms with E-state index in [2.05, 4.69) is 20.8 Å². The molecule has 0 atom stereocenters. The van der Waals surface area contributed by atoms with Crippen LogP contribution < -0.4 is 28.4 Å². The van der Waals surface area contributed by atoms with Crippen molar-refractivity contribution in [2.24, 2.45) is 0 Å². The zero-order valence-corrected chi connectivity index (χ0v) is 25.5. The van der Waals surface area contributed by atoms with Crippen LogP contribution in [-0.4, -0.2) is 45.1 Å². The molecule has 10 heteroatoms. The first kappa shape index (κ1) is 36.3. The van der Waals surface area contributed by atoms with Crippen molar-refractivity contribution >= 4 is 56.7 Å². The van der Waals surface area contributed by atoms with E-state index in [1.807, 2.05) is 91.0 Å². The molecule has 5 aromatic rings. The number of hydrogen-bond donors (Lipinski definition) is 2. The van der Waals surface area contributed by atoms with E-state index >= 15 is 0 Å². The molecule has 0 unspecified atom stereocenters. The van der Waals surface area contributed by atoms with Crippen molar-refractivity contribution in [3.63, 3.8) is 0 Å². The number of rotatable bonds is 2. The number of aromatic nitrogens is 2. The molecular formula is C30H26BrClMgN4O3. The van der Waals surface area contributed by atoms with Gasteiger partial charge in [-0.1, -0.05) is 60.7 Å². The second kappa shape index (κ2) is 21.2. The van der Waals surface area contributed by atoms with Gasteiger partial charge in [0.05, 0.1) is 23.4 Å². The van der Waals surface area contributed by atoms with Crippen LogP contribution in [0.5, 0.6) is 0 Å². The Morgan fingerprint density at radius 1 is 0.975 bits per heavy atom. The number of nitrogens with zero attached hydrogens (tertiary/aromatic N) is 2. The Morgan fingerprint density at radius 3 is 2.02 bits per heavy atom. The van der Waals surface area contributed by atoms with Crippen LogP contribution >= 0.6 is 11.6 Å². The van der Waals surface area contributed by atoms with E-state index in [4.69, 9.17) is 22.6 Å². The molecule has 0 fully saturated rings. The van der Waals surface area contributed by atoms with E-state index < -0.39 is 5.43 Å². The second-order valence-electron chi connectivity index (χ2n) is 7.25. The maximum atomic E-state index is 11.5. The summed E-state index contributed by atoms with van der Waals surface area (Å²) in [5, 5.41) is 9.35. The van der Waals surface area contributed by atoms with Gasteiger partial charge in [-0.25, -0.2) is 9.59 Å². The van der Waals surface area contributed by atoms with Crippen molar-refractivity contribution in [1.29, 1.82) is 5.26 Å². The molecule has 0 saturated heterocycles. The van der Waals surface area contributed by atoms with Gasteiger partial charge in [-0.2, -0.15) is 46.6 Å². The van der Waals surface area contributed by atoms with Crippen LogP contribution in [0, 0.1) is 17.4 Å². The number of nitrogens with two attached hydrogens (primary N) is 1. The zero-order chi connectivity index (χ0) is 27.6. The average molecular weight is 630 g/mol. The first-order chi connectivity index (χ1) is 18.5. The van der Waals surface area contributed by atoms with Gasteiger partial charge in [-0.05, 0) is 25.1 Å². The summed E-state index contributed by atoms with van der Waals surface area (Å²) in [6.07, 6.45) is 0. The van der Waals surface area contributed by atoms with E-state index in [1.165, 1.54) is 0 Å². The van der Waals surface area contributed by atoms with Crippen LogP contribution in [-0.2, 0) is 4.74 Å². The number of fused-ring (bicyclic) bond motifs is 1. The first-order valence-electron chi connectivity index (χ1n) is 11.5. The van der Waals surface area contributed by atoms with E-state index in [9.17, 15) is 9.59 Å². The molecule has 0 saturated carbocycles. The minimum Gasteiger partial charge on any atom is -1.00 e. The number of nitrogen functional groups attached to an aromatic ring is 1. The van der Waals surface area contributed by atoms with Crippen molar-refractivity contribution in [1.82, 2.24) is 9.97 Å². The second-order valence-corrected chi connectivity index (χ2v) is 7.56. The molecule has 7 nitrogen and oxygen atoms in total. The minimum atomic E-state index is -0.738. The number of H-pyrrole nitrogens is 1. The van der Waals surface area contributed by atoms with Gasteiger partial charge in [0.25, 0.3) is 0 Å². The van der Waals surface area contributed by atoms with E-state index in [0.717, 1.165) is 22.2 Å². The first-order valence-corrected chi connectivity index (χ1v) is 11.9. The Labute approximate surface area is 264 Å². The number of aromatic amines is 1. The predicted molar refractivity (Wildman–Crippen MR) is 157 cm³/mol. The summed E-state index contributed by atoms with van der Waals surface area (Å²) in [6, 6.07) is 38.9. The fourth-order valence-electron chi connectivity index (χ4n) is 2.97. The summed E-state index contributed by atoms with van der Waals surface area (Å²) in [4.78, 5) is 27.9. The molecular weight excluding hydrogens is 604 g/mol. The molecule has 40 heavy (non-hydrogen) atoms. The molecule has 0 aliphatic rings. The maximum absolute atomic E-state index is 11.5. The van der Waals surface area contributed by atoms with Gasteiger partial charge in [-0.3, -0.25) is 0 Å². The molecule has 0 aliphatic carbocycles. The Bertz CT molecular complexity index is 1490. The predicted octanol–water partition coefficient (Wildman–Crippen LogP) is 3.22. The van der Waals surface area contributed by atoms with E-state index in [0.29, 0.717) is 17.9 Å². The molecule has 0 aliphatic heterocycles. The summed E-state index contributed by atoms with van der Waals surface area (Å²) in [7, 11) is 0. The molecule has 0 spiro atoms. The molecule has 1 aromatic heterocycles. The molecule has 0 amide bonds. The van der Waals surface area contributed by atoms with Gasteiger partial charge in [0, 0.05) is 28.2 Å². The van der Waals surface area contributed by atoms with Crippen molar-refractivity contribution in [3.05, 3.63) is 131 Å². The third-order valence-corrected chi connectivity index (χ3v) is 4.74. The van der Waals surface area contributed by atoms with Crippen LogP contribution in [0.3, 0.4) is 0 Å². The normalized spacial score (nSPS) is 8.72. The van der Waals surface area contributed by atoms with Crippen molar-refractivity contribution in [3.8, 4) is 17.3 Å². The zero-order valence-electron chi connectivity index (χ0n) is 21.8.